The molecule has 1 aromatic heterocycles. The van der Waals surface area contributed by atoms with Crippen LogP contribution in [0.4, 0.5) is 5.69 Å². The van der Waals surface area contributed by atoms with E-state index in [-0.39, 0.29) is 5.56 Å². The second-order valence-electron chi connectivity index (χ2n) is 9.81. The van der Waals surface area contributed by atoms with Crippen molar-refractivity contribution in [1.82, 2.24) is 0 Å². The van der Waals surface area contributed by atoms with Crippen LogP contribution in [0.3, 0.4) is 0 Å². The van der Waals surface area contributed by atoms with Crippen LogP contribution in [0.25, 0.3) is 38.8 Å². The second kappa shape index (κ2) is 11.5. The number of carboxylic acid groups (broad SMARTS) is 1. The zero-order chi connectivity index (χ0) is 28.2. The lowest BCUT2D eigenvalue weighted by Gasteiger charge is -2.15. The molecule has 1 heterocycles. The van der Waals surface area contributed by atoms with Gasteiger partial charge in [-0.05, 0) is 46.9 Å². The Morgan fingerprint density at radius 2 is 1.59 bits per heavy atom. The molecule has 41 heavy (non-hydrogen) atoms. The lowest BCUT2D eigenvalue weighted by molar-refractivity contribution is 0.0697. The van der Waals surface area contributed by atoms with Crippen LogP contribution in [-0.4, -0.2) is 31.3 Å². The Morgan fingerprint density at radius 1 is 0.829 bits per heavy atom. The zero-order valence-corrected chi connectivity index (χ0v) is 22.6. The van der Waals surface area contributed by atoms with E-state index in [1.165, 1.54) is 0 Å². The van der Waals surface area contributed by atoms with E-state index in [0.717, 1.165) is 61.0 Å². The van der Waals surface area contributed by atoms with Gasteiger partial charge in [0.05, 0.1) is 25.0 Å². The van der Waals surface area contributed by atoms with Crippen molar-refractivity contribution in [3.8, 4) is 11.5 Å². The largest absolute Gasteiger partial charge is 0.495 e. The van der Waals surface area contributed by atoms with Crippen LogP contribution in [-0.2, 0) is 0 Å². The van der Waals surface area contributed by atoms with Crippen LogP contribution in [0, 0.1) is 0 Å². The molecule has 0 saturated carbocycles. The summed E-state index contributed by atoms with van der Waals surface area (Å²) in [6, 6.07) is 33.0. The smallest absolute Gasteiger partial charge is 0.335 e. The van der Waals surface area contributed by atoms with Gasteiger partial charge in [0, 0.05) is 35.2 Å². The third kappa shape index (κ3) is 5.58. The van der Waals surface area contributed by atoms with E-state index < -0.39 is 5.97 Å². The Kier molecular flexibility index (Phi) is 7.28. The Balaban J connectivity index is 1.25. The summed E-state index contributed by atoms with van der Waals surface area (Å²) in [5.74, 6) is 0.624. The first-order chi connectivity index (χ1) is 20.1. The summed E-state index contributed by atoms with van der Waals surface area (Å²) in [5, 5.41) is 17.1. The summed E-state index contributed by atoms with van der Waals surface area (Å²) >= 11 is 0. The van der Waals surface area contributed by atoms with E-state index in [2.05, 4.69) is 29.6 Å². The van der Waals surface area contributed by atoms with Crippen LogP contribution < -0.4 is 14.8 Å². The lowest BCUT2D eigenvalue weighted by atomic mass is 10.1. The number of carboxylic acids is 1. The molecule has 0 atom stereocenters. The zero-order valence-electron chi connectivity index (χ0n) is 22.6. The minimum atomic E-state index is -0.945. The van der Waals surface area contributed by atoms with Gasteiger partial charge in [-0.25, -0.2) is 4.79 Å². The lowest BCUT2D eigenvalue weighted by Crippen LogP contribution is -2.09. The molecule has 0 radical (unpaired) electrons. The van der Waals surface area contributed by atoms with Crippen LogP contribution in [0.5, 0.6) is 11.5 Å². The number of aromatic carboxylic acids is 1. The molecule has 0 saturated heterocycles. The minimum absolute atomic E-state index is 0.255. The number of nitrogens with one attached hydrogen (secondary N) is 1. The Bertz CT molecular complexity index is 1880. The number of benzene rings is 5. The van der Waals surface area contributed by atoms with Crippen LogP contribution in [0.1, 0.15) is 22.3 Å². The summed E-state index contributed by atoms with van der Waals surface area (Å²) in [4.78, 5) is 11.3. The van der Waals surface area contributed by atoms with Crippen molar-refractivity contribution in [2.24, 2.45) is 0 Å². The molecule has 6 rings (SSSR count). The highest BCUT2D eigenvalue weighted by molar-refractivity contribution is 6.06. The van der Waals surface area contributed by atoms with Crippen molar-refractivity contribution in [3.05, 3.63) is 120 Å². The summed E-state index contributed by atoms with van der Waals surface area (Å²) in [5.41, 5.74) is 4.68. The molecule has 2 N–H and O–H groups in total. The normalized spacial score (nSPS) is 11.7. The number of hydrogen-bond acceptors (Lipinski definition) is 5. The number of anilines is 1. The van der Waals surface area contributed by atoms with Gasteiger partial charge in [0.1, 0.15) is 22.7 Å². The Hall–Kier alpha value is -5.23. The first-order valence-corrected chi connectivity index (χ1v) is 13.5. The molecular formula is C35H29NO5. The molecule has 0 unspecified atom stereocenters. The molecule has 0 aliphatic carbocycles. The number of carbonyl (C=O) groups is 1. The van der Waals surface area contributed by atoms with Crippen molar-refractivity contribution in [2.45, 2.75) is 6.42 Å². The Labute approximate surface area is 237 Å². The summed E-state index contributed by atoms with van der Waals surface area (Å²) in [6.07, 6.45) is 2.73. The van der Waals surface area contributed by atoms with Crippen molar-refractivity contribution in [1.29, 1.82) is 0 Å². The van der Waals surface area contributed by atoms with Crippen molar-refractivity contribution in [3.63, 3.8) is 0 Å². The molecule has 0 aliphatic rings. The minimum Gasteiger partial charge on any atom is -0.495 e. The van der Waals surface area contributed by atoms with Crippen LogP contribution in [0.15, 0.2) is 113 Å². The SMILES string of the molecule is COc1cc2c(cc1NCC(=Cc1ccc(C(=O)O)cc1)CCOc1cccc3ccccc13)oc1ccccc12. The molecule has 5 aromatic carbocycles. The van der Waals surface area contributed by atoms with Crippen molar-refractivity contribution >= 4 is 50.4 Å². The number of rotatable bonds is 10. The predicted octanol–water partition coefficient (Wildman–Crippen LogP) is 8.41. The quantitative estimate of drug-likeness (QED) is 0.181. The molecular weight excluding hydrogens is 514 g/mol. The van der Waals surface area contributed by atoms with E-state index in [1.54, 1.807) is 19.2 Å². The highest BCUT2D eigenvalue weighted by Gasteiger charge is 2.13. The molecule has 0 amide bonds. The van der Waals surface area contributed by atoms with Gasteiger partial charge in [-0.1, -0.05) is 72.8 Å². The van der Waals surface area contributed by atoms with Gasteiger partial charge < -0.3 is 24.3 Å². The average molecular weight is 544 g/mol. The predicted molar refractivity (Wildman–Crippen MR) is 164 cm³/mol. The topological polar surface area (TPSA) is 80.9 Å². The average Bonchev–Trinajstić information content (AvgIpc) is 3.37. The van der Waals surface area contributed by atoms with E-state index in [0.29, 0.717) is 19.6 Å². The molecule has 0 fully saturated rings. The van der Waals surface area contributed by atoms with E-state index in [4.69, 9.17) is 13.9 Å². The van der Waals surface area contributed by atoms with Gasteiger partial charge in [0.15, 0.2) is 0 Å². The Morgan fingerprint density at radius 3 is 2.39 bits per heavy atom. The number of para-hydroxylation sites is 1. The second-order valence-corrected chi connectivity index (χ2v) is 9.81. The highest BCUT2D eigenvalue weighted by Crippen LogP contribution is 2.36. The van der Waals surface area contributed by atoms with Gasteiger partial charge in [-0.3, -0.25) is 0 Å². The third-order valence-corrected chi connectivity index (χ3v) is 7.16. The van der Waals surface area contributed by atoms with Crippen LogP contribution >= 0.6 is 0 Å². The van der Waals surface area contributed by atoms with E-state index in [9.17, 15) is 9.90 Å². The maximum absolute atomic E-state index is 11.3. The number of methoxy groups -OCH3 is 1. The maximum atomic E-state index is 11.3. The summed E-state index contributed by atoms with van der Waals surface area (Å²) in [6.45, 7) is 1.01. The summed E-state index contributed by atoms with van der Waals surface area (Å²) in [7, 11) is 1.66. The fourth-order valence-electron chi connectivity index (χ4n) is 5.05. The highest BCUT2D eigenvalue weighted by atomic mass is 16.5. The fourth-order valence-corrected chi connectivity index (χ4v) is 5.05. The van der Waals surface area contributed by atoms with Gasteiger partial charge in [0.2, 0.25) is 0 Å². The van der Waals surface area contributed by atoms with E-state index in [1.807, 2.05) is 72.8 Å². The molecule has 6 aromatic rings. The monoisotopic (exact) mass is 543 g/mol. The molecule has 0 spiro atoms. The molecule has 0 bridgehead atoms. The summed E-state index contributed by atoms with van der Waals surface area (Å²) < 4.78 is 18.1. The fraction of sp³-hybridized carbons (Fsp3) is 0.114. The third-order valence-electron chi connectivity index (χ3n) is 7.16. The van der Waals surface area contributed by atoms with E-state index >= 15 is 0 Å². The van der Waals surface area contributed by atoms with Gasteiger partial charge in [-0.15, -0.1) is 0 Å². The van der Waals surface area contributed by atoms with Gasteiger partial charge in [-0.2, -0.15) is 0 Å². The van der Waals surface area contributed by atoms with Crippen LogP contribution in [0.2, 0.25) is 0 Å². The van der Waals surface area contributed by atoms with Gasteiger partial charge >= 0.3 is 5.97 Å². The number of fused-ring (bicyclic) bond motifs is 4. The maximum Gasteiger partial charge on any atom is 0.335 e. The number of furan rings is 1. The molecule has 204 valence electrons. The molecule has 0 aliphatic heterocycles. The molecule has 6 nitrogen and oxygen atoms in total. The molecule has 6 heteroatoms. The first-order valence-electron chi connectivity index (χ1n) is 13.5. The van der Waals surface area contributed by atoms with Crippen molar-refractivity contribution < 1.29 is 23.8 Å². The van der Waals surface area contributed by atoms with Gasteiger partial charge in [0.25, 0.3) is 0 Å². The standard InChI is InChI=1S/C35H29NO5/c1-39-34-20-29-28-10-4-5-11-32(28)41-33(29)21-30(34)36-22-24(19-23-13-15-26(16-14-23)35(37)38)17-18-40-31-12-6-8-25-7-2-3-9-27(25)31/h2-16,19-21,36H,17-18,22H2,1H3,(H,37,38). The van der Waals surface area contributed by atoms with Crippen molar-refractivity contribution in [2.75, 3.05) is 25.6 Å². The first kappa shape index (κ1) is 26.0. The number of ether oxygens (including phenoxy) is 2. The number of hydrogen-bond donors (Lipinski definition) is 2.